The lowest BCUT2D eigenvalue weighted by Gasteiger charge is -2.36. The molecular weight excluding hydrogens is 838 g/mol. The van der Waals surface area contributed by atoms with Crippen LogP contribution in [0, 0.1) is 6.92 Å². The SMILES string of the molecule is COc1ccc(Br)cc1CSc1c(Cl)cccc1CN1CCCC1C(O)N(C(=O)OCCN1CCCCC1)c1ccccc1SCc1c(C)ccc2ccccc12. The van der Waals surface area contributed by atoms with Crippen molar-refractivity contribution in [2.24, 2.45) is 0 Å². The number of nitrogens with zero attached hydrogens (tertiary/aromatic N) is 3. The summed E-state index contributed by atoms with van der Waals surface area (Å²) in [6.45, 7) is 6.51. The van der Waals surface area contributed by atoms with E-state index in [4.69, 9.17) is 21.1 Å². The van der Waals surface area contributed by atoms with Gasteiger partial charge in [-0.2, -0.15) is 0 Å². The minimum Gasteiger partial charge on any atom is -0.496 e. The number of ether oxygens (including phenoxy) is 2. The number of piperidine rings is 1. The molecule has 2 aliphatic rings. The first kappa shape index (κ1) is 41.9. The first-order valence-electron chi connectivity index (χ1n) is 19.8. The number of aryl methyl sites for hydroxylation is 1. The number of aliphatic hydroxyl groups is 1. The predicted molar refractivity (Wildman–Crippen MR) is 240 cm³/mol. The highest BCUT2D eigenvalue weighted by molar-refractivity contribution is 9.10. The molecule has 0 aliphatic carbocycles. The van der Waals surface area contributed by atoms with Crippen LogP contribution in [0.4, 0.5) is 10.5 Å². The molecule has 0 bridgehead atoms. The van der Waals surface area contributed by atoms with Crippen LogP contribution in [0.1, 0.15) is 54.4 Å². The van der Waals surface area contributed by atoms with E-state index >= 15 is 0 Å². The molecule has 5 aromatic carbocycles. The topological polar surface area (TPSA) is 65.5 Å². The van der Waals surface area contributed by atoms with Gasteiger partial charge in [0.05, 0.1) is 23.9 Å². The van der Waals surface area contributed by atoms with Crippen molar-refractivity contribution in [3.05, 3.63) is 129 Å². The Kier molecular flexibility index (Phi) is 14.8. The fourth-order valence-electron chi connectivity index (χ4n) is 8.05. The number of amides is 1. The van der Waals surface area contributed by atoms with Crippen LogP contribution in [-0.4, -0.2) is 73.2 Å². The monoisotopic (exact) mass is 887 g/mol. The van der Waals surface area contributed by atoms with Crippen molar-refractivity contribution >= 4 is 73.6 Å². The van der Waals surface area contributed by atoms with Crippen molar-refractivity contribution in [2.75, 3.05) is 44.8 Å². The predicted octanol–water partition coefficient (Wildman–Crippen LogP) is 11.6. The number of aliphatic hydroxyl groups excluding tert-OH is 1. The van der Waals surface area contributed by atoms with Gasteiger partial charge in [0.25, 0.3) is 0 Å². The van der Waals surface area contributed by atoms with E-state index in [0.29, 0.717) is 35.3 Å². The summed E-state index contributed by atoms with van der Waals surface area (Å²) in [5.41, 5.74) is 5.30. The van der Waals surface area contributed by atoms with Crippen molar-refractivity contribution in [1.82, 2.24) is 9.80 Å². The van der Waals surface area contributed by atoms with E-state index in [9.17, 15) is 9.90 Å². The second-order valence-electron chi connectivity index (χ2n) is 14.8. The summed E-state index contributed by atoms with van der Waals surface area (Å²) < 4.78 is 12.7. The average Bonchev–Trinajstić information content (AvgIpc) is 3.69. The molecule has 0 radical (unpaired) electrons. The molecule has 7 nitrogen and oxygen atoms in total. The van der Waals surface area contributed by atoms with Crippen LogP contribution >= 0.6 is 51.1 Å². The van der Waals surface area contributed by atoms with E-state index in [-0.39, 0.29) is 12.6 Å². The number of anilines is 1. The Morgan fingerprint density at radius 1 is 0.912 bits per heavy atom. The summed E-state index contributed by atoms with van der Waals surface area (Å²) in [6.07, 6.45) is 3.55. The summed E-state index contributed by atoms with van der Waals surface area (Å²) in [5.74, 6) is 2.22. The molecule has 2 atom stereocenters. The maximum absolute atomic E-state index is 14.4. The third-order valence-corrected chi connectivity index (χ3v) is 14.3. The maximum Gasteiger partial charge on any atom is 0.416 e. The van der Waals surface area contributed by atoms with Crippen LogP contribution in [0.2, 0.25) is 5.02 Å². The highest BCUT2D eigenvalue weighted by atomic mass is 79.9. The highest BCUT2D eigenvalue weighted by Gasteiger charge is 2.39. The largest absolute Gasteiger partial charge is 0.496 e. The maximum atomic E-state index is 14.4. The number of hydrogen-bond donors (Lipinski definition) is 1. The van der Waals surface area contributed by atoms with Gasteiger partial charge in [-0.05, 0) is 116 Å². The Morgan fingerprint density at radius 3 is 2.56 bits per heavy atom. The van der Waals surface area contributed by atoms with Crippen molar-refractivity contribution in [3.8, 4) is 5.75 Å². The van der Waals surface area contributed by atoms with E-state index in [1.807, 2.05) is 48.5 Å². The summed E-state index contributed by atoms with van der Waals surface area (Å²) in [6, 6.07) is 32.5. The smallest absolute Gasteiger partial charge is 0.416 e. The quantitative estimate of drug-likeness (QED) is 0.0824. The van der Waals surface area contributed by atoms with Gasteiger partial charge in [0, 0.05) is 44.4 Å². The van der Waals surface area contributed by atoms with Gasteiger partial charge in [-0.15, -0.1) is 23.5 Å². The Hall–Kier alpha value is -3.22. The van der Waals surface area contributed by atoms with Gasteiger partial charge in [0.1, 0.15) is 12.4 Å². The Labute approximate surface area is 359 Å². The zero-order valence-corrected chi connectivity index (χ0v) is 36.6. The van der Waals surface area contributed by atoms with Crippen LogP contribution < -0.4 is 9.64 Å². The van der Waals surface area contributed by atoms with Crippen LogP contribution in [-0.2, 0) is 22.8 Å². The normalized spacial score (nSPS) is 16.8. The third kappa shape index (κ3) is 10.3. The zero-order valence-electron chi connectivity index (χ0n) is 32.7. The van der Waals surface area contributed by atoms with Crippen molar-refractivity contribution in [2.45, 2.75) is 79.1 Å². The van der Waals surface area contributed by atoms with Gasteiger partial charge < -0.3 is 14.6 Å². The van der Waals surface area contributed by atoms with Crippen molar-refractivity contribution in [1.29, 1.82) is 0 Å². The fourth-order valence-corrected chi connectivity index (χ4v) is 11.0. The van der Waals surface area contributed by atoms with E-state index in [1.165, 1.54) is 46.1 Å². The van der Waals surface area contributed by atoms with Crippen LogP contribution in [0.5, 0.6) is 5.75 Å². The molecule has 2 saturated heterocycles. The second-order valence-corrected chi connectivity index (χ2v) is 18.1. The lowest BCUT2D eigenvalue weighted by atomic mass is 10.0. The Morgan fingerprint density at radius 2 is 1.72 bits per heavy atom. The van der Waals surface area contributed by atoms with Crippen molar-refractivity contribution in [3.63, 3.8) is 0 Å². The summed E-state index contributed by atoms with van der Waals surface area (Å²) >= 11 is 13.9. The van der Waals surface area contributed by atoms with Gasteiger partial charge in [0.15, 0.2) is 6.23 Å². The summed E-state index contributed by atoms with van der Waals surface area (Å²) in [4.78, 5) is 22.5. The molecule has 57 heavy (non-hydrogen) atoms. The molecule has 2 heterocycles. The molecule has 1 N–H and O–H groups in total. The number of para-hydroxylation sites is 1. The van der Waals surface area contributed by atoms with Crippen LogP contribution in [0.15, 0.2) is 111 Å². The lowest BCUT2D eigenvalue weighted by molar-refractivity contribution is 0.0564. The molecule has 5 aromatic rings. The fraction of sp³-hybridized carbons (Fsp3) is 0.370. The minimum absolute atomic E-state index is 0.271. The molecule has 0 saturated carbocycles. The zero-order chi connectivity index (χ0) is 39.7. The highest BCUT2D eigenvalue weighted by Crippen LogP contribution is 2.40. The minimum atomic E-state index is -1.14. The summed E-state index contributed by atoms with van der Waals surface area (Å²) in [7, 11) is 1.69. The number of methoxy groups -OCH3 is 1. The van der Waals surface area contributed by atoms with E-state index in [1.54, 1.807) is 30.6 Å². The molecule has 0 aromatic heterocycles. The molecular formula is C46H51BrClN3O4S2. The number of thioether (sulfide) groups is 2. The van der Waals surface area contributed by atoms with Crippen LogP contribution in [0.25, 0.3) is 10.8 Å². The number of rotatable bonds is 15. The van der Waals surface area contributed by atoms with E-state index in [0.717, 1.165) is 63.6 Å². The van der Waals surface area contributed by atoms with E-state index in [2.05, 4.69) is 81.2 Å². The van der Waals surface area contributed by atoms with Crippen molar-refractivity contribution < 1.29 is 19.4 Å². The molecule has 2 fully saturated rings. The average molecular weight is 889 g/mol. The Bertz CT molecular complexity index is 2150. The van der Waals surface area contributed by atoms with Crippen LogP contribution in [0.3, 0.4) is 0 Å². The van der Waals surface area contributed by atoms with Gasteiger partial charge in [-0.3, -0.25) is 9.80 Å². The second kappa shape index (κ2) is 20.2. The number of carbonyl (C=O) groups is 1. The molecule has 2 unspecified atom stereocenters. The molecule has 11 heteroatoms. The molecule has 1 amide bonds. The summed E-state index contributed by atoms with van der Waals surface area (Å²) in [5, 5.41) is 15.6. The first-order valence-corrected chi connectivity index (χ1v) is 23.0. The van der Waals surface area contributed by atoms with Gasteiger partial charge in [-0.1, -0.05) is 94.6 Å². The molecule has 7 rings (SSSR count). The first-order chi connectivity index (χ1) is 27.8. The lowest BCUT2D eigenvalue weighted by Crippen LogP contribution is -2.52. The van der Waals surface area contributed by atoms with Gasteiger partial charge in [-0.25, -0.2) is 9.69 Å². The molecule has 300 valence electrons. The number of likely N-dealkylation sites (tertiary alicyclic amines) is 2. The molecule has 2 aliphatic heterocycles. The van der Waals surface area contributed by atoms with E-state index < -0.39 is 12.3 Å². The number of carbonyl (C=O) groups excluding carboxylic acids is 1. The Balaban J connectivity index is 1.14. The number of fused-ring (bicyclic) bond motifs is 1. The number of benzene rings is 5. The standard InChI is InChI=1S/C46H51BrClN3O4S2/c1-32-19-20-33-12-4-5-14-37(33)38(32)31-56-43-18-7-6-16-40(43)51(46(53)55-27-26-49-23-8-3-9-24-49)45(52)41-17-11-25-50(41)29-34-13-10-15-39(48)44(34)57-30-35-28-36(47)21-22-42(35)54-2/h4-7,10,12-16,18-22,28,41,45,52H,3,8-9,11,17,23-27,29-31H2,1-2H3. The molecule has 0 spiro atoms. The number of halogens is 2. The third-order valence-electron chi connectivity index (χ3n) is 11.1. The van der Waals surface area contributed by atoms with Gasteiger partial charge >= 0.3 is 6.09 Å². The van der Waals surface area contributed by atoms with Gasteiger partial charge in [0.2, 0.25) is 0 Å². The number of hydrogen-bond acceptors (Lipinski definition) is 8.